The van der Waals surface area contributed by atoms with Gasteiger partial charge in [0.15, 0.2) is 0 Å². The van der Waals surface area contributed by atoms with E-state index in [0.29, 0.717) is 15.6 Å². The van der Waals surface area contributed by atoms with Crippen molar-refractivity contribution < 1.29 is 8.42 Å². The van der Waals surface area contributed by atoms with E-state index >= 15 is 0 Å². The number of benzene rings is 3. The third-order valence-corrected chi connectivity index (χ3v) is 7.06. The highest BCUT2D eigenvalue weighted by Crippen LogP contribution is 2.33. The molecule has 0 spiro atoms. The molecular weight excluding hydrogens is 433 g/mol. The average Bonchev–Trinajstić information content (AvgIpc) is 2.69. The Bertz CT molecular complexity index is 1160. The molecule has 0 amide bonds. The molecule has 3 aromatic rings. The van der Waals surface area contributed by atoms with Gasteiger partial charge in [-0.15, -0.1) is 0 Å². The molecule has 7 heteroatoms. The Labute approximate surface area is 178 Å². The Morgan fingerprint density at radius 1 is 0.893 bits per heavy atom. The summed E-state index contributed by atoms with van der Waals surface area (Å²) >= 11 is 13.2. The Morgan fingerprint density at radius 3 is 2.07 bits per heavy atom. The van der Waals surface area contributed by atoms with Crippen LogP contribution in [0.2, 0.25) is 10.0 Å². The maximum absolute atomic E-state index is 12.8. The first kappa shape index (κ1) is 20.5. The van der Waals surface area contributed by atoms with Crippen molar-refractivity contribution in [1.29, 1.82) is 5.26 Å². The van der Waals surface area contributed by atoms with Crippen LogP contribution in [0.1, 0.15) is 5.56 Å². The second-order valence-corrected chi connectivity index (χ2v) is 9.58. The van der Waals surface area contributed by atoms with Crippen LogP contribution in [0.5, 0.6) is 0 Å². The smallest absolute Gasteiger partial charge is 0.216 e. The molecule has 0 fully saturated rings. The van der Waals surface area contributed by atoms with E-state index in [4.69, 9.17) is 23.2 Å². The van der Waals surface area contributed by atoms with Gasteiger partial charge in [-0.05, 0) is 66.2 Å². The molecule has 0 heterocycles. The van der Waals surface area contributed by atoms with Crippen molar-refractivity contribution in [2.75, 3.05) is 0 Å². The topological polar surface area (TPSA) is 57.9 Å². The quantitative estimate of drug-likeness (QED) is 0.421. The fourth-order valence-corrected chi connectivity index (χ4v) is 4.69. The van der Waals surface area contributed by atoms with Gasteiger partial charge in [-0.1, -0.05) is 53.2 Å². The van der Waals surface area contributed by atoms with Crippen molar-refractivity contribution in [3.8, 4) is 6.07 Å². The molecule has 0 aromatic heterocycles. The lowest BCUT2D eigenvalue weighted by atomic mass is 10.2. The minimum atomic E-state index is -3.95. The summed E-state index contributed by atoms with van der Waals surface area (Å²) < 4.78 is 25.7. The molecule has 0 radical (unpaired) electrons. The summed E-state index contributed by atoms with van der Waals surface area (Å²) in [5.41, 5.74) is 0.636. The predicted octanol–water partition coefficient (Wildman–Crippen LogP) is 6.48. The Morgan fingerprint density at radius 2 is 1.46 bits per heavy atom. The van der Waals surface area contributed by atoms with E-state index in [-0.39, 0.29) is 9.80 Å². The average molecular weight is 446 g/mol. The highest BCUT2D eigenvalue weighted by molar-refractivity contribution is 7.99. The molecule has 140 valence electrons. The molecule has 3 nitrogen and oxygen atoms in total. The normalized spacial score (nSPS) is 11.8. The summed E-state index contributed by atoms with van der Waals surface area (Å²) in [6.45, 7) is 0. The van der Waals surface area contributed by atoms with Crippen LogP contribution in [0.3, 0.4) is 0 Å². The molecule has 0 N–H and O–H groups in total. The van der Waals surface area contributed by atoms with Gasteiger partial charge in [0.1, 0.15) is 11.0 Å². The molecule has 28 heavy (non-hydrogen) atoms. The number of sulfone groups is 1. The summed E-state index contributed by atoms with van der Waals surface area (Å²) in [4.78, 5) is 1.46. The number of halogens is 2. The molecule has 0 unspecified atom stereocenters. The van der Waals surface area contributed by atoms with E-state index in [9.17, 15) is 13.7 Å². The first-order valence-corrected chi connectivity index (χ1v) is 11.1. The van der Waals surface area contributed by atoms with E-state index in [0.717, 1.165) is 9.79 Å². The minimum Gasteiger partial charge on any atom is -0.218 e. The van der Waals surface area contributed by atoms with Gasteiger partial charge in [0, 0.05) is 19.8 Å². The third-order valence-electron chi connectivity index (χ3n) is 3.77. The number of rotatable bonds is 5. The zero-order valence-electron chi connectivity index (χ0n) is 14.3. The van der Waals surface area contributed by atoms with Gasteiger partial charge >= 0.3 is 0 Å². The van der Waals surface area contributed by atoms with Gasteiger partial charge < -0.3 is 0 Å². The first-order chi connectivity index (χ1) is 13.4. The minimum absolute atomic E-state index is 0.0209. The lowest BCUT2D eigenvalue weighted by Gasteiger charge is -2.08. The van der Waals surface area contributed by atoms with Crippen LogP contribution in [0.25, 0.3) is 6.08 Å². The molecule has 0 atom stereocenters. The fraction of sp³-hybridized carbons (Fsp3) is 0. The second-order valence-electron chi connectivity index (χ2n) is 5.67. The standard InChI is InChI=1S/C21H13Cl2NO2S2/c22-16-5-9-18(10-6-16)27-21-4-2-1-3-15(21)13-20(14-24)28(25,26)19-11-7-17(23)8-12-19/h1-13H. The molecule has 0 saturated heterocycles. The van der Waals surface area contributed by atoms with Crippen molar-refractivity contribution in [2.24, 2.45) is 0 Å². The van der Waals surface area contributed by atoms with Gasteiger partial charge in [-0.25, -0.2) is 8.42 Å². The number of nitriles is 1. The van der Waals surface area contributed by atoms with Crippen LogP contribution in [-0.2, 0) is 9.84 Å². The fourth-order valence-electron chi connectivity index (χ4n) is 2.37. The molecule has 3 aromatic carbocycles. The second kappa shape index (κ2) is 8.85. The van der Waals surface area contributed by atoms with E-state index in [1.807, 2.05) is 30.3 Å². The molecule has 0 aliphatic carbocycles. The van der Waals surface area contributed by atoms with E-state index in [1.54, 1.807) is 24.3 Å². The van der Waals surface area contributed by atoms with Gasteiger partial charge in [0.25, 0.3) is 0 Å². The summed E-state index contributed by atoms with van der Waals surface area (Å²) in [5.74, 6) is 0. The summed E-state index contributed by atoms with van der Waals surface area (Å²) in [5, 5.41) is 10.6. The van der Waals surface area contributed by atoms with E-state index in [2.05, 4.69) is 0 Å². The maximum Gasteiger partial charge on any atom is 0.216 e. The van der Waals surface area contributed by atoms with E-state index < -0.39 is 9.84 Å². The van der Waals surface area contributed by atoms with Crippen LogP contribution >= 0.6 is 35.0 Å². The molecule has 3 rings (SSSR count). The summed E-state index contributed by atoms with van der Waals surface area (Å²) in [6, 6.07) is 22.2. The van der Waals surface area contributed by atoms with Crippen molar-refractivity contribution in [3.05, 3.63) is 93.3 Å². The first-order valence-electron chi connectivity index (χ1n) is 8.05. The van der Waals surface area contributed by atoms with Crippen molar-refractivity contribution in [3.63, 3.8) is 0 Å². The Balaban J connectivity index is 2.00. The van der Waals surface area contributed by atoms with Gasteiger partial charge in [-0.3, -0.25) is 0 Å². The van der Waals surface area contributed by atoms with Crippen molar-refractivity contribution in [1.82, 2.24) is 0 Å². The predicted molar refractivity (Wildman–Crippen MR) is 114 cm³/mol. The highest BCUT2D eigenvalue weighted by atomic mass is 35.5. The molecular formula is C21H13Cl2NO2S2. The lowest BCUT2D eigenvalue weighted by Crippen LogP contribution is -2.03. The monoisotopic (exact) mass is 445 g/mol. The molecule has 0 aliphatic heterocycles. The third kappa shape index (κ3) is 4.78. The summed E-state index contributed by atoms with van der Waals surface area (Å²) in [7, 11) is -3.95. The van der Waals surface area contributed by atoms with Crippen LogP contribution in [0, 0.1) is 11.3 Å². The summed E-state index contributed by atoms with van der Waals surface area (Å²) in [6.07, 6.45) is 1.39. The highest BCUT2D eigenvalue weighted by Gasteiger charge is 2.21. The number of hydrogen-bond acceptors (Lipinski definition) is 4. The zero-order chi connectivity index (χ0) is 20.1. The Kier molecular flexibility index (Phi) is 6.48. The van der Waals surface area contributed by atoms with Crippen LogP contribution < -0.4 is 0 Å². The maximum atomic E-state index is 12.8. The van der Waals surface area contributed by atoms with Gasteiger partial charge in [0.2, 0.25) is 9.84 Å². The van der Waals surface area contributed by atoms with Gasteiger partial charge in [0.05, 0.1) is 4.90 Å². The van der Waals surface area contributed by atoms with Crippen molar-refractivity contribution in [2.45, 2.75) is 14.7 Å². The SMILES string of the molecule is N#CC(=Cc1ccccc1Sc1ccc(Cl)cc1)S(=O)(=O)c1ccc(Cl)cc1. The van der Waals surface area contributed by atoms with Crippen LogP contribution in [0.4, 0.5) is 0 Å². The van der Waals surface area contributed by atoms with Crippen LogP contribution in [0.15, 0.2) is 92.4 Å². The van der Waals surface area contributed by atoms with E-state index in [1.165, 1.54) is 42.1 Å². The van der Waals surface area contributed by atoms with Crippen molar-refractivity contribution >= 4 is 50.9 Å². The molecule has 0 bridgehead atoms. The number of nitrogens with zero attached hydrogens (tertiary/aromatic N) is 1. The molecule has 0 saturated carbocycles. The van der Waals surface area contributed by atoms with Crippen LogP contribution in [-0.4, -0.2) is 8.42 Å². The van der Waals surface area contributed by atoms with Gasteiger partial charge in [-0.2, -0.15) is 5.26 Å². The number of hydrogen-bond donors (Lipinski definition) is 0. The number of allylic oxidation sites excluding steroid dienone is 1. The zero-order valence-corrected chi connectivity index (χ0v) is 17.5. The Hall–Kier alpha value is -2.23. The lowest BCUT2D eigenvalue weighted by molar-refractivity contribution is 0.603. The largest absolute Gasteiger partial charge is 0.218 e. The molecule has 0 aliphatic rings.